The van der Waals surface area contributed by atoms with Crippen LogP contribution in [0.5, 0.6) is 5.75 Å². The first-order chi connectivity index (χ1) is 17.6. The third-order valence-corrected chi connectivity index (χ3v) is 6.66. The molecule has 0 bridgehead atoms. The SMILES string of the molecule is O=C(CN1CCC(NC(=O)Oc2ccccc2)C1)N[C]1CCc2ccccc2[C]1Cc1cccnc1. The zero-order chi connectivity index (χ0) is 24.7. The highest BCUT2D eigenvalue weighted by Gasteiger charge is 2.33. The molecule has 1 aliphatic heterocycles. The molecule has 2 N–H and O–H groups in total. The van der Waals surface area contributed by atoms with Gasteiger partial charge in [0.1, 0.15) is 5.75 Å². The predicted octanol–water partition coefficient (Wildman–Crippen LogP) is 3.70. The molecule has 2 radical (unpaired) electrons. The highest BCUT2D eigenvalue weighted by atomic mass is 16.6. The van der Waals surface area contributed by atoms with Crippen LogP contribution in [0.4, 0.5) is 4.79 Å². The van der Waals surface area contributed by atoms with Crippen LogP contribution in [0.15, 0.2) is 79.1 Å². The number of rotatable bonds is 7. The number of aromatic nitrogens is 1. The summed E-state index contributed by atoms with van der Waals surface area (Å²) < 4.78 is 5.32. The van der Waals surface area contributed by atoms with Crippen molar-refractivity contribution in [2.24, 2.45) is 0 Å². The maximum atomic E-state index is 13.0. The van der Waals surface area contributed by atoms with Crippen molar-refractivity contribution in [3.8, 4) is 5.75 Å². The Morgan fingerprint density at radius 3 is 2.67 bits per heavy atom. The van der Waals surface area contributed by atoms with Gasteiger partial charge in [-0.2, -0.15) is 0 Å². The normalized spacial score (nSPS) is 18.4. The van der Waals surface area contributed by atoms with Crippen molar-refractivity contribution in [3.05, 3.63) is 108 Å². The molecule has 1 unspecified atom stereocenters. The molecular formula is C29H30N4O3. The first kappa shape index (κ1) is 24.0. The first-order valence-electron chi connectivity index (χ1n) is 12.4. The lowest BCUT2D eigenvalue weighted by molar-refractivity contribution is -0.121. The number of para-hydroxylation sites is 1. The van der Waals surface area contributed by atoms with Gasteiger partial charge in [0.05, 0.1) is 12.6 Å². The summed E-state index contributed by atoms with van der Waals surface area (Å²) in [7, 11) is 0. The Morgan fingerprint density at radius 1 is 1.00 bits per heavy atom. The zero-order valence-electron chi connectivity index (χ0n) is 20.2. The van der Waals surface area contributed by atoms with Crippen LogP contribution in [0.2, 0.25) is 0 Å². The Labute approximate surface area is 211 Å². The zero-order valence-corrected chi connectivity index (χ0v) is 20.2. The molecule has 7 nitrogen and oxygen atoms in total. The molecule has 0 spiro atoms. The summed E-state index contributed by atoms with van der Waals surface area (Å²) in [5, 5.41) is 6.12. The summed E-state index contributed by atoms with van der Waals surface area (Å²) in [5.41, 5.74) is 3.63. The Balaban J connectivity index is 1.15. The number of pyridine rings is 1. The summed E-state index contributed by atoms with van der Waals surface area (Å²) in [5.74, 6) is 1.64. The smallest absolute Gasteiger partial charge is 0.410 e. The number of aryl methyl sites for hydroxylation is 1. The Kier molecular flexibility index (Phi) is 7.57. The van der Waals surface area contributed by atoms with Gasteiger partial charge in [0, 0.05) is 37.4 Å². The number of fused-ring (bicyclic) bond motifs is 1. The maximum Gasteiger partial charge on any atom is 0.412 e. The molecule has 2 amide bonds. The van der Waals surface area contributed by atoms with Crippen molar-refractivity contribution in [2.75, 3.05) is 19.6 Å². The fourth-order valence-corrected chi connectivity index (χ4v) is 4.95. The lowest BCUT2D eigenvalue weighted by atomic mass is 9.76. The van der Waals surface area contributed by atoms with Crippen LogP contribution >= 0.6 is 0 Å². The Morgan fingerprint density at radius 2 is 1.83 bits per heavy atom. The van der Waals surface area contributed by atoms with Crippen LogP contribution in [0.3, 0.4) is 0 Å². The van der Waals surface area contributed by atoms with Gasteiger partial charge in [-0.3, -0.25) is 14.7 Å². The van der Waals surface area contributed by atoms with E-state index in [-0.39, 0.29) is 18.5 Å². The third kappa shape index (κ3) is 6.10. The molecule has 5 rings (SSSR count). The van der Waals surface area contributed by atoms with E-state index in [1.807, 2.05) is 36.5 Å². The lowest BCUT2D eigenvalue weighted by Gasteiger charge is -2.33. The van der Waals surface area contributed by atoms with E-state index in [1.54, 1.807) is 18.3 Å². The second-order valence-electron chi connectivity index (χ2n) is 9.27. The molecule has 1 fully saturated rings. The van der Waals surface area contributed by atoms with Crippen molar-refractivity contribution >= 4 is 12.0 Å². The quantitative estimate of drug-likeness (QED) is 0.537. The number of hydrogen-bond acceptors (Lipinski definition) is 5. The summed E-state index contributed by atoms with van der Waals surface area (Å²) >= 11 is 0. The van der Waals surface area contributed by atoms with Crippen LogP contribution < -0.4 is 15.4 Å². The topological polar surface area (TPSA) is 83.6 Å². The minimum Gasteiger partial charge on any atom is -0.410 e. The molecule has 1 atom stereocenters. The summed E-state index contributed by atoms with van der Waals surface area (Å²) in [4.78, 5) is 31.6. The van der Waals surface area contributed by atoms with E-state index in [1.165, 1.54) is 11.1 Å². The van der Waals surface area contributed by atoms with Crippen LogP contribution in [0.25, 0.3) is 0 Å². The number of hydrogen-bond donors (Lipinski definition) is 2. The second-order valence-corrected chi connectivity index (χ2v) is 9.27. The van der Waals surface area contributed by atoms with Gasteiger partial charge in [-0.25, -0.2) is 4.79 Å². The molecule has 1 saturated heterocycles. The molecular weight excluding hydrogens is 452 g/mol. The van der Waals surface area contributed by atoms with E-state index < -0.39 is 6.09 Å². The highest BCUT2D eigenvalue weighted by Crippen LogP contribution is 2.37. The molecule has 7 heteroatoms. The summed E-state index contributed by atoms with van der Waals surface area (Å²) in [6, 6.07) is 22.4. The molecule has 184 valence electrons. The minimum atomic E-state index is -0.469. The van der Waals surface area contributed by atoms with Crippen molar-refractivity contribution in [3.63, 3.8) is 0 Å². The number of ether oxygens (including phenoxy) is 1. The lowest BCUT2D eigenvalue weighted by Crippen LogP contribution is -2.43. The minimum absolute atomic E-state index is 0.0272. The summed E-state index contributed by atoms with van der Waals surface area (Å²) in [6.45, 7) is 1.65. The molecule has 3 aromatic rings. The molecule has 36 heavy (non-hydrogen) atoms. The number of benzene rings is 2. The fourth-order valence-electron chi connectivity index (χ4n) is 4.95. The molecule has 2 aromatic carbocycles. The number of amides is 2. The Bertz CT molecular complexity index is 1170. The van der Waals surface area contributed by atoms with E-state index in [4.69, 9.17) is 4.74 Å². The van der Waals surface area contributed by atoms with E-state index in [2.05, 4.69) is 44.8 Å². The van der Waals surface area contributed by atoms with Gasteiger partial charge >= 0.3 is 6.09 Å². The van der Waals surface area contributed by atoms with Gasteiger partial charge in [0.15, 0.2) is 0 Å². The van der Waals surface area contributed by atoms with Crippen LogP contribution in [0.1, 0.15) is 29.5 Å². The summed E-state index contributed by atoms with van der Waals surface area (Å²) in [6.07, 6.45) is 6.39. The van der Waals surface area contributed by atoms with Gasteiger partial charge < -0.3 is 15.4 Å². The van der Waals surface area contributed by atoms with Gasteiger partial charge in [-0.05, 0) is 60.6 Å². The van der Waals surface area contributed by atoms with Gasteiger partial charge in [-0.1, -0.05) is 48.5 Å². The van der Waals surface area contributed by atoms with Crippen molar-refractivity contribution in [2.45, 2.75) is 31.7 Å². The average Bonchev–Trinajstić information content (AvgIpc) is 3.32. The van der Waals surface area contributed by atoms with Crippen molar-refractivity contribution < 1.29 is 14.3 Å². The second kappa shape index (κ2) is 11.4. The number of nitrogens with zero attached hydrogens (tertiary/aromatic N) is 2. The number of likely N-dealkylation sites (tertiary alicyclic amines) is 1. The maximum absolute atomic E-state index is 13.0. The molecule has 2 aliphatic rings. The largest absolute Gasteiger partial charge is 0.412 e. The molecule has 1 aliphatic carbocycles. The highest BCUT2D eigenvalue weighted by molar-refractivity contribution is 5.80. The monoisotopic (exact) mass is 482 g/mol. The van der Waals surface area contributed by atoms with Crippen LogP contribution in [-0.4, -0.2) is 47.6 Å². The number of carbonyl (C=O) groups excluding carboxylic acids is 2. The van der Waals surface area contributed by atoms with E-state index in [9.17, 15) is 9.59 Å². The third-order valence-electron chi connectivity index (χ3n) is 6.66. The van der Waals surface area contributed by atoms with Crippen LogP contribution in [0, 0.1) is 12.0 Å². The van der Waals surface area contributed by atoms with Gasteiger partial charge in [0.25, 0.3) is 0 Å². The molecule has 0 saturated carbocycles. The fraction of sp³-hybridized carbons (Fsp3) is 0.276. The van der Waals surface area contributed by atoms with Gasteiger partial charge in [-0.15, -0.1) is 0 Å². The van der Waals surface area contributed by atoms with Crippen LogP contribution in [-0.2, 0) is 17.6 Å². The van der Waals surface area contributed by atoms with E-state index in [0.717, 1.165) is 49.8 Å². The van der Waals surface area contributed by atoms with E-state index >= 15 is 0 Å². The molecule has 1 aromatic heterocycles. The predicted molar refractivity (Wildman–Crippen MR) is 137 cm³/mol. The number of carbonyl (C=O) groups is 2. The molecule has 2 heterocycles. The average molecular weight is 483 g/mol. The van der Waals surface area contributed by atoms with E-state index in [0.29, 0.717) is 12.3 Å². The van der Waals surface area contributed by atoms with Crippen molar-refractivity contribution in [1.82, 2.24) is 20.5 Å². The van der Waals surface area contributed by atoms with Crippen molar-refractivity contribution in [1.29, 1.82) is 0 Å². The standard InChI is InChI=1S/C29H30N4O3/c34-28(20-33-16-14-23(19-33)31-29(35)36-24-9-2-1-3-10-24)32-27-13-12-22-8-4-5-11-25(22)26(27)17-21-7-6-15-30-18-21/h1-11,15,18,23H,12-14,16-17,19-20H2,(H,31,35)(H,32,34). The van der Waals surface area contributed by atoms with Gasteiger partial charge in [0.2, 0.25) is 5.91 Å². The first-order valence-corrected chi connectivity index (χ1v) is 12.4. The number of nitrogens with one attached hydrogen (secondary N) is 2. The Hall–Kier alpha value is -3.71.